The van der Waals surface area contributed by atoms with Crippen molar-refractivity contribution in [1.82, 2.24) is 5.32 Å². The zero-order valence-electron chi connectivity index (χ0n) is 9.72. The minimum atomic E-state index is -4.55. The standard InChI is InChI=1S/C11H10Cl2F3NO2/c1-6(7-2-3-8(12)9(13)4-7)17-10(18)19-5-11(14,15)16/h2-4,6H,5H2,1H3,(H,17,18). The lowest BCUT2D eigenvalue weighted by Gasteiger charge is -2.15. The van der Waals surface area contributed by atoms with Crippen molar-refractivity contribution in [2.24, 2.45) is 0 Å². The molecule has 0 aliphatic heterocycles. The van der Waals surface area contributed by atoms with Gasteiger partial charge in [-0.1, -0.05) is 29.3 Å². The molecule has 0 aliphatic rings. The molecule has 106 valence electrons. The minimum absolute atomic E-state index is 0.288. The van der Waals surface area contributed by atoms with E-state index in [0.29, 0.717) is 10.6 Å². The molecule has 1 aromatic rings. The molecule has 1 atom stereocenters. The van der Waals surface area contributed by atoms with Crippen LogP contribution in [0.4, 0.5) is 18.0 Å². The first kappa shape index (κ1) is 15.9. The second-order valence-corrected chi connectivity index (χ2v) is 4.55. The molecule has 0 aliphatic carbocycles. The maximum Gasteiger partial charge on any atom is 0.422 e. The average Bonchev–Trinajstić information content (AvgIpc) is 2.29. The highest BCUT2D eigenvalue weighted by atomic mass is 35.5. The van der Waals surface area contributed by atoms with Crippen molar-refractivity contribution in [3.8, 4) is 0 Å². The minimum Gasteiger partial charge on any atom is -0.440 e. The predicted molar refractivity (Wildman–Crippen MR) is 65.4 cm³/mol. The predicted octanol–water partition coefficient (Wildman–Crippen LogP) is 4.34. The summed E-state index contributed by atoms with van der Waals surface area (Å²) in [5.41, 5.74) is 0.596. The summed E-state index contributed by atoms with van der Waals surface area (Å²) in [6.07, 6.45) is -5.71. The molecule has 8 heteroatoms. The molecule has 0 radical (unpaired) electrons. The molecular formula is C11H10Cl2F3NO2. The number of carbonyl (C=O) groups excluding carboxylic acids is 1. The summed E-state index contributed by atoms with van der Waals surface area (Å²) in [4.78, 5) is 11.1. The van der Waals surface area contributed by atoms with Crippen LogP contribution in [0.5, 0.6) is 0 Å². The molecular weight excluding hydrogens is 306 g/mol. The highest BCUT2D eigenvalue weighted by Crippen LogP contribution is 2.25. The fourth-order valence-corrected chi connectivity index (χ4v) is 1.54. The van der Waals surface area contributed by atoms with Crippen molar-refractivity contribution < 1.29 is 22.7 Å². The Morgan fingerprint density at radius 3 is 2.53 bits per heavy atom. The number of hydrogen-bond acceptors (Lipinski definition) is 2. The van der Waals surface area contributed by atoms with Crippen LogP contribution in [-0.2, 0) is 4.74 Å². The molecule has 1 unspecified atom stereocenters. The van der Waals surface area contributed by atoms with Gasteiger partial charge < -0.3 is 10.1 Å². The quantitative estimate of drug-likeness (QED) is 0.901. The van der Waals surface area contributed by atoms with E-state index in [4.69, 9.17) is 23.2 Å². The summed E-state index contributed by atoms with van der Waals surface area (Å²) in [5, 5.41) is 2.89. The van der Waals surface area contributed by atoms with E-state index < -0.39 is 24.9 Å². The van der Waals surface area contributed by atoms with E-state index in [1.807, 2.05) is 0 Å². The fraction of sp³-hybridized carbons (Fsp3) is 0.364. The number of carbonyl (C=O) groups is 1. The molecule has 0 spiro atoms. The van der Waals surface area contributed by atoms with Crippen LogP contribution in [0.3, 0.4) is 0 Å². The number of alkyl halides is 3. The van der Waals surface area contributed by atoms with Gasteiger partial charge in [-0.2, -0.15) is 13.2 Å². The topological polar surface area (TPSA) is 38.3 Å². The largest absolute Gasteiger partial charge is 0.440 e. The van der Waals surface area contributed by atoms with Gasteiger partial charge in [0.25, 0.3) is 0 Å². The Bertz CT molecular complexity index is 466. The number of nitrogens with one attached hydrogen (secondary N) is 1. The third-order valence-corrected chi connectivity index (χ3v) is 2.88. The third-order valence-electron chi connectivity index (χ3n) is 2.14. The average molecular weight is 316 g/mol. The molecule has 1 amide bonds. The Hall–Kier alpha value is -1.14. The number of hydrogen-bond donors (Lipinski definition) is 1. The van der Waals surface area contributed by atoms with E-state index in [0.717, 1.165) is 0 Å². The molecule has 0 saturated heterocycles. The second-order valence-electron chi connectivity index (χ2n) is 3.73. The molecule has 1 aromatic carbocycles. The van der Waals surface area contributed by atoms with E-state index in [9.17, 15) is 18.0 Å². The highest BCUT2D eigenvalue weighted by Gasteiger charge is 2.29. The summed E-state index contributed by atoms with van der Waals surface area (Å²) in [6, 6.07) is 4.08. The van der Waals surface area contributed by atoms with E-state index >= 15 is 0 Å². The SMILES string of the molecule is CC(NC(=O)OCC(F)(F)F)c1ccc(Cl)c(Cl)c1. The number of amides is 1. The van der Waals surface area contributed by atoms with Crippen LogP contribution in [0.15, 0.2) is 18.2 Å². The zero-order chi connectivity index (χ0) is 14.6. The van der Waals surface area contributed by atoms with Crippen molar-refractivity contribution >= 4 is 29.3 Å². The van der Waals surface area contributed by atoms with E-state index in [2.05, 4.69) is 10.1 Å². The van der Waals surface area contributed by atoms with Crippen molar-refractivity contribution in [2.45, 2.75) is 19.1 Å². The summed E-state index contributed by atoms with van der Waals surface area (Å²) >= 11 is 11.5. The first-order valence-corrected chi connectivity index (χ1v) is 5.89. The van der Waals surface area contributed by atoms with Crippen LogP contribution >= 0.6 is 23.2 Å². The maximum absolute atomic E-state index is 11.8. The van der Waals surface area contributed by atoms with Gasteiger partial charge in [0.1, 0.15) is 0 Å². The smallest absolute Gasteiger partial charge is 0.422 e. The number of alkyl carbamates (subject to hydrolysis) is 1. The Kier molecular flexibility index (Phi) is 5.31. The van der Waals surface area contributed by atoms with Crippen molar-refractivity contribution in [1.29, 1.82) is 0 Å². The second kappa shape index (κ2) is 6.34. The Labute approximate surface area is 117 Å². The molecule has 19 heavy (non-hydrogen) atoms. The normalized spacial score (nSPS) is 12.9. The third kappa shape index (κ3) is 5.57. The van der Waals surface area contributed by atoms with Gasteiger partial charge >= 0.3 is 12.3 Å². The van der Waals surface area contributed by atoms with Crippen LogP contribution in [-0.4, -0.2) is 18.9 Å². The molecule has 1 N–H and O–H groups in total. The highest BCUT2D eigenvalue weighted by molar-refractivity contribution is 6.42. The van der Waals surface area contributed by atoms with Gasteiger partial charge in [0.05, 0.1) is 16.1 Å². The molecule has 0 bridgehead atoms. The number of benzene rings is 1. The Morgan fingerprint density at radius 1 is 1.37 bits per heavy atom. The van der Waals surface area contributed by atoms with Crippen molar-refractivity contribution in [2.75, 3.05) is 6.61 Å². The molecule has 0 aromatic heterocycles. The van der Waals surface area contributed by atoms with Crippen LogP contribution in [0, 0.1) is 0 Å². The van der Waals surface area contributed by atoms with Crippen molar-refractivity contribution in [3.05, 3.63) is 33.8 Å². The van der Waals surface area contributed by atoms with Gasteiger partial charge in [-0.05, 0) is 24.6 Å². The summed E-state index contributed by atoms with van der Waals surface area (Å²) in [6.45, 7) is -0.0542. The molecule has 0 saturated carbocycles. The van der Waals surface area contributed by atoms with Gasteiger partial charge in [0.15, 0.2) is 6.61 Å². The van der Waals surface area contributed by atoms with E-state index in [-0.39, 0.29) is 5.02 Å². The number of ether oxygens (including phenoxy) is 1. The molecule has 3 nitrogen and oxygen atoms in total. The lowest BCUT2D eigenvalue weighted by Crippen LogP contribution is -2.30. The van der Waals surface area contributed by atoms with Gasteiger partial charge in [-0.25, -0.2) is 4.79 Å². The fourth-order valence-electron chi connectivity index (χ4n) is 1.23. The maximum atomic E-state index is 11.8. The lowest BCUT2D eigenvalue weighted by molar-refractivity contribution is -0.160. The summed E-state index contributed by atoms with van der Waals surface area (Å²) < 4.78 is 39.5. The summed E-state index contributed by atoms with van der Waals surface area (Å²) in [5.74, 6) is 0. The lowest BCUT2D eigenvalue weighted by atomic mass is 10.1. The van der Waals surface area contributed by atoms with Gasteiger partial charge in [0, 0.05) is 0 Å². The summed E-state index contributed by atoms with van der Waals surface area (Å²) in [7, 11) is 0. The molecule has 0 fully saturated rings. The number of rotatable bonds is 3. The van der Waals surface area contributed by atoms with Gasteiger partial charge in [-0.15, -0.1) is 0 Å². The van der Waals surface area contributed by atoms with Crippen LogP contribution in [0.1, 0.15) is 18.5 Å². The molecule has 1 rings (SSSR count). The van der Waals surface area contributed by atoms with Gasteiger partial charge in [0.2, 0.25) is 0 Å². The van der Waals surface area contributed by atoms with Crippen LogP contribution in [0.25, 0.3) is 0 Å². The van der Waals surface area contributed by atoms with Crippen LogP contribution in [0.2, 0.25) is 10.0 Å². The van der Waals surface area contributed by atoms with Crippen molar-refractivity contribution in [3.63, 3.8) is 0 Å². The van der Waals surface area contributed by atoms with Crippen LogP contribution < -0.4 is 5.32 Å². The monoisotopic (exact) mass is 315 g/mol. The van der Waals surface area contributed by atoms with E-state index in [1.54, 1.807) is 13.0 Å². The zero-order valence-corrected chi connectivity index (χ0v) is 11.2. The van der Waals surface area contributed by atoms with E-state index in [1.165, 1.54) is 12.1 Å². The Balaban J connectivity index is 2.56. The number of halogens is 5. The molecule has 0 heterocycles. The Morgan fingerprint density at radius 2 is 2.00 bits per heavy atom. The first-order chi connectivity index (χ1) is 8.69. The van der Waals surface area contributed by atoms with Gasteiger partial charge in [-0.3, -0.25) is 0 Å². The first-order valence-electron chi connectivity index (χ1n) is 5.14.